The third-order valence-electron chi connectivity index (χ3n) is 7.11. The molecule has 0 N–H and O–H groups in total. The number of benzene rings is 5. The molecule has 0 aliphatic heterocycles. The zero-order valence-electron chi connectivity index (χ0n) is 18.8. The molecule has 3 nitrogen and oxygen atoms in total. The Morgan fingerprint density at radius 2 is 1.14 bits per heavy atom. The van der Waals surface area contributed by atoms with Crippen LogP contribution < -0.4 is 0 Å². The predicted molar refractivity (Wildman–Crippen MR) is 144 cm³/mol. The summed E-state index contributed by atoms with van der Waals surface area (Å²) in [6, 6.07) is 42.8. The van der Waals surface area contributed by atoms with Gasteiger partial charge in [0.1, 0.15) is 0 Å². The summed E-state index contributed by atoms with van der Waals surface area (Å²) in [4.78, 5) is 0. The van der Waals surface area contributed by atoms with Gasteiger partial charge in [-0.05, 0) is 35.9 Å². The minimum Gasteiger partial charge on any atom is -0.437 e. The Balaban J connectivity index is 1.56. The maximum Gasteiger partial charge on any atom is 0.213 e. The summed E-state index contributed by atoms with van der Waals surface area (Å²) in [5.41, 5.74) is 9.80. The lowest BCUT2D eigenvalue weighted by atomic mass is 10.0. The normalized spacial score (nSPS) is 12.0. The Bertz CT molecular complexity index is 1980. The first-order chi connectivity index (χ1) is 17.4. The third kappa shape index (κ3) is 2.50. The molecule has 0 saturated heterocycles. The van der Waals surface area contributed by atoms with Crippen LogP contribution in [0.2, 0.25) is 0 Å². The summed E-state index contributed by atoms with van der Waals surface area (Å²) in [5, 5.41) is 3.66. The molecule has 0 atom stereocenters. The summed E-state index contributed by atoms with van der Waals surface area (Å²) in [7, 11) is 0. The second-order valence-electron chi connectivity index (χ2n) is 9.03. The zero-order valence-corrected chi connectivity index (χ0v) is 18.8. The van der Waals surface area contributed by atoms with Crippen LogP contribution in [0.1, 0.15) is 0 Å². The first kappa shape index (κ1) is 18.6. The van der Waals surface area contributed by atoms with Crippen molar-refractivity contribution in [2.75, 3.05) is 0 Å². The number of aromatic nitrogens is 2. The smallest absolute Gasteiger partial charge is 0.213 e. The monoisotopic (exact) mass is 448 g/mol. The van der Waals surface area contributed by atoms with Crippen molar-refractivity contribution in [1.82, 2.24) is 8.97 Å². The van der Waals surface area contributed by atoms with Crippen molar-refractivity contribution >= 4 is 49.5 Å². The van der Waals surface area contributed by atoms with E-state index in [1.54, 1.807) is 0 Å². The quantitative estimate of drug-likeness (QED) is 0.259. The van der Waals surface area contributed by atoms with E-state index in [0.29, 0.717) is 0 Å². The van der Waals surface area contributed by atoms with Crippen LogP contribution in [0.5, 0.6) is 0 Å². The standard InChI is InChI=1S/C32H20N2O/c1-3-11-21(12-4-1)31-24-16-8-10-18-27(24)34-29-19-25-23-15-7-9-17-26(23)33(22-13-5-2-6-14-22)28(25)20-30(29)35-32(31)34/h1-20H. The van der Waals surface area contributed by atoms with E-state index in [0.717, 1.165) is 44.7 Å². The fourth-order valence-corrected chi connectivity index (χ4v) is 5.64. The van der Waals surface area contributed by atoms with E-state index in [1.807, 2.05) is 0 Å². The van der Waals surface area contributed by atoms with Gasteiger partial charge in [0.2, 0.25) is 5.71 Å². The second-order valence-corrected chi connectivity index (χ2v) is 9.03. The van der Waals surface area contributed by atoms with Crippen LogP contribution >= 0.6 is 0 Å². The Hall–Kier alpha value is -4.76. The third-order valence-corrected chi connectivity index (χ3v) is 7.11. The maximum atomic E-state index is 6.67. The van der Waals surface area contributed by atoms with Gasteiger partial charge in [-0.1, -0.05) is 84.9 Å². The lowest BCUT2D eigenvalue weighted by Crippen LogP contribution is -1.92. The highest BCUT2D eigenvalue weighted by atomic mass is 16.3. The van der Waals surface area contributed by atoms with E-state index < -0.39 is 0 Å². The summed E-state index contributed by atoms with van der Waals surface area (Å²) in [5.74, 6) is 0. The van der Waals surface area contributed by atoms with Gasteiger partial charge in [-0.2, -0.15) is 0 Å². The molecular formula is C32H20N2O. The molecule has 5 aromatic carbocycles. The van der Waals surface area contributed by atoms with Gasteiger partial charge in [-0.3, -0.25) is 4.40 Å². The molecule has 0 spiro atoms. The minimum absolute atomic E-state index is 0.885. The molecule has 0 radical (unpaired) electrons. The molecule has 8 aromatic rings. The number of oxazole rings is 1. The van der Waals surface area contributed by atoms with E-state index in [9.17, 15) is 0 Å². The van der Waals surface area contributed by atoms with Crippen LogP contribution in [-0.2, 0) is 0 Å². The van der Waals surface area contributed by atoms with Gasteiger partial charge >= 0.3 is 0 Å². The van der Waals surface area contributed by atoms with Gasteiger partial charge < -0.3 is 8.98 Å². The molecule has 0 fully saturated rings. The van der Waals surface area contributed by atoms with Crippen LogP contribution in [0.15, 0.2) is 126 Å². The summed E-state index contributed by atoms with van der Waals surface area (Å²) in [6.07, 6.45) is 0. The highest BCUT2D eigenvalue weighted by molar-refractivity contribution is 6.14. The Morgan fingerprint density at radius 3 is 1.94 bits per heavy atom. The molecule has 3 heteroatoms. The largest absolute Gasteiger partial charge is 0.437 e. The predicted octanol–water partition coefficient (Wildman–Crippen LogP) is 8.60. The van der Waals surface area contributed by atoms with Crippen LogP contribution in [0, 0.1) is 0 Å². The molecule has 164 valence electrons. The van der Waals surface area contributed by atoms with E-state index in [-0.39, 0.29) is 0 Å². The van der Waals surface area contributed by atoms with Crippen molar-refractivity contribution in [3.63, 3.8) is 0 Å². The van der Waals surface area contributed by atoms with Crippen LogP contribution in [0.4, 0.5) is 0 Å². The molecule has 3 heterocycles. The molecule has 0 saturated carbocycles. The van der Waals surface area contributed by atoms with Crippen molar-refractivity contribution in [3.8, 4) is 16.8 Å². The first-order valence-electron chi connectivity index (χ1n) is 11.9. The molecule has 0 unspecified atom stereocenters. The summed E-state index contributed by atoms with van der Waals surface area (Å²) in [6.45, 7) is 0. The Kier molecular flexibility index (Phi) is 3.66. The number of rotatable bonds is 2. The first-order valence-corrected chi connectivity index (χ1v) is 11.9. The van der Waals surface area contributed by atoms with Crippen LogP contribution in [0.3, 0.4) is 0 Å². The summed E-state index contributed by atoms with van der Waals surface area (Å²) < 4.78 is 11.3. The average molecular weight is 449 g/mol. The minimum atomic E-state index is 0.885. The fraction of sp³-hybridized carbons (Fsp3) is 0. The van der Waals surface area contributed by atoms with Crippen LogP contribution in [0.25, 0.3) is 66.3 Å². The molecule has 0 aliphatic rings. The van der Waals surface area contributed by atoms with E-state index >= 15 is 0 Å². The van der Waals surface area contributed by atoms with Gasteiger partial charge in [-0.15, -0.1) is 0 Å². The molecular weight excluding hydrogens is 428 g/mol. The van der Waals surface area contributed by atoms with Gasteiger partial charge in [0.05, 0.1) is 27.6 Å². The summed E-state index contributed by atoms with van der Waals surface area (Å²) >= 11 is 0. The molecule has 0 amide bonds. The number of fused-ring (bicyclic) bond motifs is 8. The number of hydrogen-bond acceptors (Lipinski definition) is 1. The highest BCUT2D eigenvalue weighted by Gasteiger charge is 2.21. The van der Waals surface area contributed by atoms with Gasteiger partial charge in [-0.25, -0.2) is 0 Å². The SMILES string of the molecule is c1ccc(-c2c3ccccc3n3c2oc2cc4c(cc23)c2ccccc2n4-c2ccccc2)cc1. The van der Waals surface area contributed by atoms with Crippen molar-refractivity contribution in [3.05, 3.63) is 121 Å². The van der Waals surface area contributed by atoms with Crippen molar-refractivity contribution in [2.45, 2.75) is 0 Å². The molecule has 0 bridgehead atoms. The fourth-order valence-electron chi connectivity index (χ4n) is 5.64. The molecule has 3 aromatic heterocycles. The van der Waals surface area contributed by atoms with Crippen LogP contribution in [-0.4, -0.2) is 8.97 Å². The second kappa shape index (κ2) is 6.87. The van der Waals surface area contributed by atoms with Gasteiger partial charge in [0.15, 0.2) is 5.58 Å². The maximum absolute atomic E-state index is 6.67. The van der Waals surface area contributed by atoms with Crippen molar-refractivity contribution < 1.29 is 4.42 Å². The molecule has 8 rings (SSSR count). The van der Waals surface area contributed by atoms with Crippen molar-refractivity contribution in [2.24, 2.45) is 0 Å². The van der Waals surface area contributed by atoms with E-state index in [2.05, 4.69) is 130 Å². The van der Waals surface area contributed by atoms with E-state index in [4.69, 9.17) is 4.42 Å². The Labute approximate surface area is 201 Å². The number of hydrogen-bond donors (Lipinski definition) is 0. The average Bonchev–Trinajstić information content (AvgIpc) is 3.54. The lowest BCUT2D eigenvalue weighted by molar-refractivity contribution is 0.659. The zero-order chi connectivity index (χ0) is 22.9. The molecule has 35 heavy (non-hydrogen) atoms. The van der Waals surface area contributed by atoms with Crippen molar-refractivity contribution in [1.29, 1.82) is 0 Å². The Morgan fingerprint density at radius 1 is 0.486 bits per heavy atom. The van der Waals surface area contributed by atoms with E-state index in [1.165, 1.54) is 21.7 Å². The lowest BCUT2D eigenvalue weighted by Gasteiger charge is -2.07. The number of nitrogens with zero attached hydrogens (tertiary/aromatic N) is 2. The number of para-hydroxylation sites is 3. The van der Waals surface area contributed by atoms with Gasteiger partial charge in [0, 0.05) is 27.9 Å². The topological polar surface area (TPSA) is 22.5 Å². The van der Waals surface area contributed by atoms with Gasteiger partial charge in [0.25, 0.3) is 0 Å². The molecule has 0 aliphatic carbocycles. The highest BCUT2D eigenvalue weighted by Crippen LogP contribution is 2.41.